The molecule has 2 aromatic heterocycles. The Labute approximate surface area is 171 Å². The second-order valence-electron chi connectivity index (χ2n) is 6.24. The summed E-state index contributed by atoms with van der Waals surface area (Å²) >= 11 is 4.78. The molecule has 0 N–H and O–H groups in total. The van der Waals surface area contributed by atoms with Crippen molar-refractivity contribution in [2.24, 2.45) is 0 Å². The maximum absolute atomic E-state index is 12.4. The lowest BCUT2D eigenvalue weighted by molar-refractivity contribution is -0.127. The van der Waals surface area contributed by atoms with Crippen molar-refractivity contribution in [3.8, 4) is 11.3 Å². The van der Waals surface area contributed by atoms with Crippen LogP contribution in [0.5, 0.6) is 0 Å². The number of hydrogen-bond acceptors (Lipinski definition) is 5. The highest BCUT2D eigenvalue weighted by Crippen LogP contribution is 2.24. The molecule has 0 radical (unpaired) electrons. The van der Waals surface area contributed by atoms with E-state index in [1.165, 1.54) is 11.8 Å². The topological polar surface area (TPSA) is 59.2 Å². The number of carbonyl (C=O) groups excluding carboxylic acids is 1. The Morgan fingerprint density at radius 3 is 2.44 bits per heavy atom. The summed E-state index contributed by atoms with van der Waals surface area (Å²) in [6, 6.07) is 13.7. The predicted octanol–water partition coefficient (Wildman–Crippen LogP) is 4.87. The average Bonchev–Trinajstić information content (AvgIpc) is 3.08. The number of aromatic nitrogens is 2. The average molecular weight is 446 g/mol. The maximum Gasteiger partial charge on any atom is 0.233 e. The van der Waals surface area contributed by atoms with Crippen LogP contribution in [0.1, 0.15) is 17.1 Å². The summed E-state index contributed by atoms with van der Waals surface area (Å²) in [7, 11) is 1.77. The number of benzene rings is 1. The highest BCUT2D eigenvalue weighted by atomic mass is 79.9. The monoisotopic (exact) mass is 445 g/mol. The Kier molecular flexibility index (Phi) is 6.34. The normalized spacial score (nSPS) is 10.8. The summed E-state index contributed by atoms with van der Waals surface area (Å²) in [5, 5.41) is 0.629. The van der Waals surface area contributed by atoms with E-state index < -0.39 is 0 Å². The number of thioether (sulfide) groups is 1. The summed E-state index contributed by atoms with van der Waals surface area (Å²) in [6.45, 7) is 4.27. The van der Waals surface area contributed by atoms with Gasteiger partial charge >= 0.3 is 0 Å². The van der Waals surface area contributed by atoms with Gasteiger partial charge in [0.15, 0.2) is 5.16 Å². The fourth-order valence-corrected chi connectivity index (χ4v) is 3.70. The highest BCUT2D eigenvalue weighted by Gasteiger charge is 2.14. The molecule has 140 valence electrons. The molecule has 5 nitrogen and oxygen atoms in total. The minimum atomic E-state index is 0.00403. The van der Waals surface area contributed by atoms with E-state index in [4.69, 9.17) is 4.42 Å². The van der Waals surface area contributed by atoms with Crippen molar-refractivity contribution in [3.63, 3.8) is 0 Å². The van der Waals surface area contributed by atoms with E-state index in [1.54, 1.807) is 11.9 Å². The summed E-state index contributed by atoms with van der Waals surface area (Å²) in [6.07, 6.45) is 0. The molecule has 3 aromatic rings. The Morgan fingerprint density at radius 1 is 1.11 bits per heavy atom. The minimum absolute atomic E-state index is 0.00403. The van der Waals surface area contributed by atoms with Crippen molar-refractivity contribution in [3.05, 3.63) is 64.1 Å². The second-order valence-corrected chi connectivity index (χ2v) is 8.10. The Bertz CT molecular complexity index is 920. The van der Waals surface area contributed by atoms with Crippen LogP contribution in [0, 0.1) is 13.8 Å². The van der Waals surface area contributed by atoms with E-state index in [-0.39, 0.29) is 5.91 Å². The number of nitrogens with zero attached hydrogens (tertiary/aromatic N) is 3. The van der Waals surface area contributed by atoms with Crippen LogP contribution in [-0.2, 0) is 11.3 Å². The summed E-state index contributed by atoms with van der Waals surface area (Å²) in [5.74, 6) is 1.83. The van der Waals surface area contributed by atoms with Crippen LogP contribution >= 0.6 is 27.7 Å². The molecule has 0 bridgehead atoms. The second kappa shape index (κ2) is 8.71. The van der Waals surface area contributed by atoms with Crippen LogP contribution in [0.4, 0.5) is 0 Å². The third-order valence-electron chi connectivity index (χ3n) is 3.90. The van der Waals surface area contributed by atoms with E-state index in [0.29, 0.717) is 17.5 Å². The van der Waals surface area contributed by atoms with Crippen molar-refractivity contribution in [1.29, 1.82) is 0 Å². The number of aryl methyl sites for hydroxylation is 2. The molecule has 0 aliphatic heterocycles. The number of carbonyl (C=O) groups is 1. The van der Waals surface area contributed by atoms with Crippen molar-refractivity contribution in [1.82, 2.24) is 14.9 Å². The zero-order chi connectivity index (χ0) is 19.4. The van der Waals surface area contributed by atoms with E-state index >= 15 is 0 Å². The van der Waals surface area contributed by atoms with Gasteiger partial charge in [0.1, 0.15) is 11.5 Å². The number of rotatable bonds is 6. The summed E-state index contributed by atoms with van der Waals surface area (Å²) in [4.78, 5) is 22.8. The van der Waals surface area contributed by atoms with Crippen LogP contribution in [0.15, 0.2) is 56.5 Å². The molecule has 0 aliphatic carbocycles. The molecule has 7 heteroatoms. The molecule has 1 amide bonds. The molecular formula is C20H20BrN3O2S. The van der Waals surface area contributed by atoms with E-state index in [0.717, 1.165) is 32.9 Å². The molecule has 0 unspecified atom stereocenters. The zero-order valence-corrected chi connectivity index (χ0v) is 17.8. The van der Waals surface area contributed by atoms with Gasteiger partial charge in [0.05, 0.1) is 12.3 Å². The van der Waals surface area contributed by atoms with Crippen LogP contribution in [0.25, 0.3) is 11.3 Å². The van der Waals surface area contributed by atoms with Crippen molar-refractivity contribution < 1.29 is 9.21 Å². The fraction of sp³-hybridized carbons (Fsp3) is 0.250. The maximum atomic E-state index is 12.4. The van der Waals surface area contributed by atoms with Crippen LogP contribution in [-0.4, -0.2) is 33.6 Å². The first-order valence-electron chi connectivity index (χ1n) is 8.44. The number of halogens is 1. The van der Waals surface area contributed by atoms with Crippen LogP contribution in [0.3, 0.4) is 0 Å². The van der Waals surface area contributed by atoms with Gasteiger partial charge in [0.25, 0.3) is 0 Å². The smallest absolute Gasteiger partial charge is 0.233 e. The van der Waals surface area contributed by atoms with Crippen molar-refractivity contribution in [2.75, 3.05) is 12.8 Å². The van der Waals surface area contributed by atoms with Crippen molar-refractivity contribution in [2.45, 2.75) is 25.5 Å². The molecule has 2 heterocycles. The predicted molar refractivity (Wildman–Crippen MR) is 111 cm³/mol. The summed E-state index contributed by atoms with van der Waals surface area (Å²) in [5.41, 5.74) is 2.81. The SMILES string of the molecule is Cc1cc(C)nc(SCC(=O)N(C)Cc2ccc(-c3ccc(Br)cc3)o2)n1. The lowest BCUT2D eigenvalue weighted by Gasteiger charge is -2.15. The van der Waals surface area contributed by atoms with Gasteiger partial charge in [-0.05, 0) is 44.2 Å². The molecule has 0 aliphatic rings. The van der Waals surface area contributed by atoms with Gasteiger partial charge in [-0.25, -0.2) is 9.97 Å². The van der Waals surface area contributed by atoms with Gasteiger partial charge in [-0.3, -0.25) is 4.79 Å². The lowest BCUT2D eigenvalue weighted by Crippen LogP contribution is -2.27. The first kappa shape index (κ1) is 19.6. The summed E-state index contributed by atoms with van der Waals surface area (Å²) < 4.78 is 6.91. The quantitative estimate of drug-likeness (QED) is 0.400. The molecule has 0 spiro atoms. The molecule has 0 saturated carbocycles. The Hall–Kier alpha value is -2.12. The Morgan fingerprint density at radius 2 is 1.78 bits per heavy atom. The van der Waals surface area contributed by atoms with Crippen LogP contribution < -0.4 is 0 Å². The fourth-order valence-electron chi connectivity index (χ4n) is 2.55. The van der Waals surface area contributed by atoms with Crippen LogP contribution in [0.2, 0.25) is 0 Å². The molecule has 1 aromatic carbocycles. The first-order valence-corrected chi connectivity index (χ1v) is 10.2. The minimum Gasteiger partial charge on any atom is -0.459 e. The molecular weight excluding hydrogens is 426 g/mol. The first-order chi connectivity index (χ1) is 12.9. The zero-order valence-electron chi connectivity index (χ0n) is 15.4. The third kappa shape index (κ3) is 5.43. The standard InChI is InChI=1S/C20H20BrN3O2S/c1-13-10-14(2)23-20(22-13)27-12-19(25)24(3)11-17-8-9-18(26-17)15-4-6-16(21)7-5-15/h4-10H,11-12H2,1-3H3. The molecule has 3 rings (SSSR count). The van der Waals surface area contributed by atoms with Gasteiger partial charge in [-0.1, -0.05) is 39.8 Å². The number of furan rings is 1. The van der Waals surface area contributed by atoms with Crippen molar-refractivity contribution >= 4 is 33.6 Å². The molecule has 0 atom stereocenters. The van der Waals surface area contributed by atoms with E-state index in [1.807, 2.05) is 56.3 Å². The lowest BCUT2D eigenvalue weighted by atomic mass is 10.2. The third-order valence-corrected chi connectivity index (χ3v) is 5.26. The molecule has 0 saturated heterocycles. The van der Waals surface area contributed by atoms with Gasteiger partial charge < -0.3 is 9.32 Å². The number of hydrogen-bond donors (Lipinski definition) is 0. The largest absolute Gasteiger partial charge is 0.459 e. The van der Waals surface area contributed by atoms with Gasteiger partial charge in [-0.15, -0.1) is 0 Å². The van der Waals surface area contributed by atoms with Gasteiger partial charge in [0, 0.05) is 28.5 Å². The number of amides is 1. The molecule has 0 fully saturated rings. The highest BCUT2D eigenvalue weighted by molar-refractivity contribution is 9.10. The van der Waals surface area contributed by atoms with Gasteiger partial charge in [-0.2, -0.15) is 0 Å². The Balaban J connectivity index is 1.57. The van der Waals surface area contributed by atoms with E-state index in [2.05, 4.69) is 25.9 Å². The van der Waals surface area contributed by atoms with E-state index in [9.17, 15) is 4.79 Å². The molecule has 27 heavy (non-hydrogen) atoms. The van der Waals surface area contributed by atoms with Gasteiger partial charge in [0.2, 0.25) is 5.91 Å².